The first-order valence-electron chi connectivity index (χ1n) is 6.57. The first-order chi connectivity index (χ1) is 10.1. The van der Waals surface area contributed by atoms with Gasteiger partial charge in [-0.3, -0.25) is 4.79 Å². The van der Waals surface area contributed by atoms with E-state index < -0.39 is 11.9 Å². The molecule has 0 saturated carbocycles. The maximum atomic E-state index is 13.4. The van der Waals surface area contributed by atoms with Gasteiger partial charge in [0.05, 0.1) is 10.9 Å². The molecule has 1 aromatic heterocycles. The molecule has 3 rings (SSSR count). The molecular formula is C17H13FO3. The monoisotopic (exact) mass is 284 g/mol. The van der Waals surface area contributed by atoms with Crippen LogP contribution in [-0.4, -0.2) is 5.11 Å². The van der Waals surface area contributed by atoms with Gasteiger partial charge in [0.2, 0.25) is 5.43 Å². The number of hydrogen-bond acceptors (Lipinski definition) is 3. The summed E-state index contributed by atoms with van der Waals surface area (Å²) in [7, 11) is 0. The van der Waals surface area contributed by atoms with Gasteiger partial charge in [0, 0.05) is 0 Å². The summed E-state index contributed by atoms with van der Waals surface area (Å²) in [6, 6.07) is 12.5. The molecule has 21 heavy (non-hydrogen) atoms. The molecule has 0 radical (unpaired) electrons. The van der Waals surface area contributed by atoms with Crippen molar-refractivity contribution in [2.24, 2.45) is 0 Å². The van der Waals surface area contributed by atoms with Crippen LogP contribution in [0.3, 0.4) is 0 Å². The van der Waals surface area contributed by atoms with Crippen LogP contribution in [0.5, 0.6) is 0 Å². The summed E-state index contributed by atoms with van der Waals surface area (Å²) in [5.74, 6) is -0.305. The number of aliphatic hydroxyl groups is 1. The Hall–Kier alpha value is -2.46. The van der Waals surface area contributed by atoms with E-state index >= 15 is 0 Å². The molecule has 0 aliphatic heterocycles. The lowest BCUT2D eigenvalue weighted by Gasteiger charge is -2.12. The summed E-state index contributed by atoms with van der Waals surface area (Å²) in [6.45, 7) is 1.51. The molecule has 1 atom stereocenters. The van der Waals surface area contributed by atoms with Gasteiger partial charge in [-0.05, 0) is 36.8 Å². The summed E-state index contributed by atoms with van der Waals surface area (Å²) in [5, 5.41) is 10.3. The normalized spacial score (nSPS) is 12.5. The third-order valence-electron chi connectivity index (χ3n) is 3.32. The van der Waals surface area contributed by atoms with E-state index in [1.807, 2.05) is 0 Å². The Morgan fingerprint density at radius 3 is 2.62 bits per heavy atom. The number of halogens is 1. The molecule has 0 aliphatic carbocycles. The van der Waals surface area contributed by atoms with Crippen LogP contribution in [0.2, 0.25) is 0 Å². The summed E-state index contributed by atoms with van der Waals surface area (Å²) in [6.07, 6.45) is -0.972. The Kier molecular flexibility index (Phi) is 3.31. The average molecular weight is 284 g/mol. The smallest absolute Gasteiger partial charge is 0.200 e. The molecule has 0 amide bonds. The van der Waals surface area contributed by atoms with E-state index in [0.29, 0.717) is 16.5 Å². The molecule has 1 heterocycles. The summed E-state index contributed by atoms with van der Waals surface area (Å²) >= 11 is 0. The lowest BCUT2D eigenvalue weighted by molar-refractivity contribution is 0.171. The Morgan fingerprint density at radius 2 is 1.90 bits per heavy atom. The van der Waals surface area contributed by atoms with Gasteiger partial charge in [-0.25, -0.2) is 4.39 Å². The Bertz CT molecular complexity index is 865. The van der Waals surface area contributed by atoms with Crippen molar-refractivity contribution in [3.63, 3.8) is 0 Å². The molecule has 0 saturated heterocycles. The van der Waals surface area contributed by atoms with Crippen LogP contribution in [0, 0.1) is 5.82 Å². The van der Waals surface area contributed by atoms with Gasteiger partial charge in [-0.1, -0.05) is 24.3 Å². The third-order valence-corrected chi connectivity index (χ3v) is 3.32. The van der Waals surface area contributed by atoms with Gasteiger partial charge in [0.15, 0.2) is 0 Å². The molecule has 1 unspecified atom stereocenters. The second-order valence-electron chi connectivity index (χ2n) is 4.85. The van der Waals surface area contributed by atoms with Gasteiger partial charge in [0.1, 0.15) is 23.3 Å². The fourth-order valence-electron chi connectivity index (χ4n) is 2.37. The molecule has 0 spiro atoms. The lowest BCUT2D eigenvalue weighted by Crippen LogP contribution is -2.11. The average Bonchev–Trinajstić information content (AvgIpc) is 2.47. The van der Waals surface area contributed by atoms with Crippen molar-refractivity contribution >= 4 is 11.0 Å². The van der Waals surface area contributed by atoms with Crippen LogP contribution in [0.1, 0.15) is 18.8 Å². The maximum Gasteiger partial charge on any atom is 0.200 e. The van der Waals surface area contributed by atoms with Crippen molar-refractivity contribution < 1.29 is 13.9 Å². The maximum absolute atomic E-state index is 13.4. The topological polar surface area (TPSA) is 50.4 Å². The van der Waals surface area contributed by atoms with E-state index in [1.54, 1.807) is 30.3 Å². The van der Waals surface area contributed by atoms with Crippen LogP contribution < -0.4 is 5.43 Å². The lowest BCUT2D eigenvalue weighted by atomic mass is 10.00. The molecule has 0 fully saturated rings. The van der Waals surface area contributed by atoms with Crippen LogP contribution in [0.4, 0.5) is 4.39 Å². The highest BCUT2D eigenvalue weighted by Crippen LogP contribution is 2.29. The van der Waals surface area contributed by atoms with E-state index in [1.165, 1.54) is 25.1 Å². The number of benzene rings is 2. The fourth-order valence-corrected chi connectivity index (χ4v) is 2.37. The van der Waals surface area contributed by atoms with Crippen molar-refractivity contribution in [3.05, 3.63) is 70.3 Å². The molecular weight excluding hydrogens is 271 g/mol. The Balaban J connectivity index is 2.42. The van der Waals surface area contributed by atoms with Crippen LogP contribution in [0.25, 0.3) is 22.1 Å². The predicted molar refractivity (Wildman–Crippen MR) is 78.5 cm³/mol. The fraction of sp³-hybridized carbons (Fsp3) is 0.118. The Morgan fingerprint density at radius 1 is 1.14 bits per heavy atom. The summed E-state index contributed by atoms with van der Waals surface area (Å²) < 4.78 is 19.1. The number of hydrogen-bond donors (Lipinski definition) is 1. The van der Waals surface area contributed by atoms with Gasteiger partial charge in [-0.2, -0.15) is 0 Å². The third kappa shape index (κ3) is 2.34. The molecule has 0 bridgehead atoms. The standard InChI is InChI=1S/C17H13FO3/c1-10(19)17-15(11-5-4-6-12(18)9-11)16(20)13-7-2-3-8-14(13)21-17/h2-10,19H,1H3. The zero-order valence-corrected chi connectivity index (χ0v) is 11.3. The van der Waals surface area contributed by atoms with E-state index in [0.717, 1.165) is 0 Å². The van der Waals surface area contributed by atoms with E-state index in [4.69, 9.17) is 4.42 Å². The van der Waals surface area contributed by atoms with Gasteiger partial charge >= 0.3 is 0 Å². The highest BCUT2D eigenvalue weighted by atomic mass is 19.1. The predicted octanol–water partition coefficient (Wildman–Crippen LogP) is 3.65. The first kappa shape index (κ1) is 13.5. The summed E-state index contributed by atoms with van der Waals surface area (Å²) in [5.41, 5.74) is 0.713. The van der Waals surface area contributed by atoms with Crippen molar-refractivity contribution in [2.45, 2.75) is 13.0 Å². The second-order valence-corrected chi connectivity index (χ2v) is 4.85. The van der Waals surface area contributed by atoms with Crippen molar-refractivity contribution in [1.29, 1.82) is 0 Å². The zero-order valence-electron chi connectivity index (χ0n) is 11.3. The number of aliphatic hydroxyl groups excluding tert-OH is 1. The van der Waals surface area contributed by atoms with E-state index in [2.05, 4.69) is 0 Å². The van der Waals surface area contributed by atoms with Gasteiger partial charge in [-0.15, -0.1) is 0 Å². The Labute approximate surface area is 120 Å². The number of fused-ring (bicyclic) bond motifs is 1. The highest BCUT2D eigenvalue weighted by Gasteiger charge is 2.19. The highest BCUT2D eigenvalue weighted by molar-refractivity contribution is 5.82. The quantitative estimate of drug-likeness (QED) is 0.781. The molecule has 106 valence electrons. The summed E-state index contributed by atoms with van der Waals surface area (Å²) in [4.78, 5) is 12.7. The van der Waals surface area contributed by atoms with Crippen molar-refractivity contribution in [3.8, 4) is 11.1 Å². The van der Waals surface area contributed by atoms with Crippen molar-refractivity contribution in [2.75, 3.05) is 0 Å². The minimum absolute atomic E-state index is 0.143. The van der Waals surface area contributed by atoms with Crippen molar-refractivity contribution in [1.82, 2.24) is 0 Å². The molecule has 3 nitrogen and oxygen atoms in total. The number of para-hydroxylation sites is 1. The number of rotatable bonds is 2. The molecule has 2 aromatic carbocycles. The minimum atomic E-state index is -0.972. The van der Waals surface area contributed by atoms with Crippen LogP contribution in [-0.2, 0) is 0 Å². The van der Waals surface area contributed by atoms with Crippen LogP contribution >= 0.6 is 0 Å². The second kappa shape index (κ2) is 5.14. The van der Waals surface area contributed by atoms with Gasteiger partial charge < -0.3 is 9.52 Å². The van der Waals surface area contributed by atoms with Crippen LogP contribution in [0.15, 0.2) is 57.7 Å². The molecule has 1 N–H and O–H groups in total. The largest absolute Gasteiger partial charge is 0.457 e. The SMILES string of the molecule is CC(O)c1oc2ccccc2c(=O)c1-c1cccc(F)c1. The minimum Gasteiger partial charge on any atom is -0.457 e. The first-order valence-corrected chi connectivity index (χ1v) is 6.57. The molecule has 0 aliphatic rings. The van der Waals surface area contributed by atoms with Gasteiger partial charge in [0.25, 0.3) is 0 Å². The van der Waals surface area contributed by atoms with E-state index in [9.17, 15) is 14.3 Å². The zero-order chi connectivity index (χ0) is 15.0. The molecule has 4 heteroatoms. The van der Waals surface area contributed by atoms with E-state index in [-0.39, 0.29) is 16.8 Å². The molecule has 3 aromatic rings.